The van der Waals surface area contributed by atoms with Crippen molar-refractivity contribution < 1.29 is 4.74 Å². The molecule has 0 amide bonds. The van der Waals surface area contributed by atoms with Crippen molar-refractivity contribution in [2.24, 2.45) is 0 Å². The molecule has 0 aliphatic rings. The Kier molecular flexibility index (Phi) is 7.12. The molecule has 0 N–H and O–H groups in total. The number of aromatic nitrogens is 4. The summed E-state index contributed by atoms with van der Waals surface area (Å²) in [7, 11) is 0. The van der Waals surface area contributed by atoms with E-state index < -0.39 is 0 Å². The molecule has 0 aliphatic heterocycles. The third kappa shape index (κ3) is 4.91. The Morgan fingerprint density at radius 1 is 0.509 bits per heavy atom. The lowest BCUT2D eigenvalue weighted by Crippen LogP contribution is -2.02. The minimum absolute atomic E-state index is 0.357. The molecule has 0 fully saturated rings. The molecule has 10 aromatic rings. The number of para-hydroxylation sites is 1. The van der Waals surface area contributed by atoms with Crippen LogP contribution in [0.4, 0.5) is 0 Å². The summed E-state index contributed by atoms with van der Waals surface area (Å²) in [5.74, 6) is 3.11. The lowest BCUT2D eigenvalue weighted by atomic mass is 9.87. The number of pyridine rings is 2. The average molecular weight is 687 g/mol. The maximum atomic E-state index is 6.73. The van der Waals surface area contributed by atoms with E-state index in [2.05, 4.69) is 158 Å². The zero-order valence-corrected chi connectivity index (χ0v) is 30.2. The molecule has 0 saturated carbocycles. The van der Waals surface area contributed by atoms with Gasteiger partial charge in [-0.3, -0.25) is 8.97 Å². The van der Waals surface area contributed by atoms with Crippen LogP contribution in [0.5, 0.6) is 11.5 Å². The van der Waals surface area contributed by atoms with Crippen molar-refractivity contribution in [2.45, 2.75) is 39.5 Å². The summed E-state index contributed by atoms with van der Waals surface area (Å²) in [6, 6.07) is 47.3. The molecule has 0 saturated heterocycles. The van der Waals surface area contributed by atoms with E-state index in [0.717, 1.165) is 61.4 Å². The van der Waals surface area contributed by atoms with Gasteiger partial charge in [-0.1, -0.05) is 94.4 Å². The third-order valence-electron chi connectivity index (χ3n) is 10.8. The number of hydrogen-bond acceptors (Lipinski definition) is 3. The van der Waals surface area contributed by atoms with Crippen LogP contribution in [0.2, 0.25) is 0 Å². The van der Waals surface area contributed by atoms with Crippen LogP contribution in [-0.2, 0) is 0 Å². The fourth-order valence-corrected chi connectivity index (χ4v) is 8.33. The average Bonchev–Trinajstić information content (AvgIpc) is 3.77. The highest BCUT2D eigenvalue weighted by atomic mass is 16.5. The zero-order valence-electron chi connectivity index (χ0n) is 30.2. The lowest BCUT2D eigenvalue weighted by molar-refractivity contribution is 0.484. The number of ether oxygens (including phenoxy) is 1. The minimum Gasteiger partial charge on any atom is -0.457 e. The van der Waals surface area contributed by atoms with E-state index in [1.165, 1.54) is 38.2 Å². The van der Waals surface area contributed by atoms with E-state index in [0.29, 0.717) is 11.8 Å². The van der Waals surface area contributed by atoms with Crippen LogP contribution in [0.3, 0.4) is 0 Å². The molecule has 6 aromatic carbocycles. The number of nitrogens with zero attached hydrogens (tertiary/aromatic N) is 4. The summed E-state index contributed by atoms with van der Waals surface area (Å²) in [4.78, 5) is 9.92. The Morgan fingerprint density at radius 2 is 1.19 bits per heavy atom. The maximum Gasteiger partial charge on any atom is 0.145 e. The van der Waals surface area contributed by atoms with E-state index in [-0.39, 0.29) is 0 Å². The Morgan fingerprint density at radius 3 is 1.94 bits per heavy atom. The van der Waals surface area contributed by atoms with Gasteiger partial charge in [-0.05, 0) is 99.8 Å². The van der Waals surface area contributed by atoms with Gasteiger partial charge in [0, 0.05) is 39.4 Å². The molecule has 256 valence electrons. The van der Waals surface area contributed by atoms with E-state index >= 15 is 0 Å². The number of benzene rings is 6. The summed E-state index contributed by atoms with van der Waals surface area (Å²) in [6.45, 7) is 9.13. The Labute approximate surface area is 307 Å². The van der Waals surface area contributed by atoms with Gasteiger partial charge < -0.3 is 4.74 Å². The van der Waals surface area contributed by atoms with Crippen LogP contribution < -0.4 is 4.74 Å². The van der Waals surface area contributed by atoms with Crippen molar-refractivity contribution in [1.82, 2.24) is 18.9 Å². The molecule has 0 radical (unpaired) electrons. The van der Waals surface area contributed by atoms with Crippen molar-refractivity contribution in [2.75, 3.05) is 0 Å². The molecule has 0 bridgehead atoms. The first-order valence-electron chi connectivity index (χ1n) is 18.5. The molecular formula is C48H38N4O. The second-order valence-corrected chi connectivity index (χ2v) is 14.7. The standard InChI is InChI=1S/C48H38N4O/c1-29(2)35-15-11-16-36(30(3)4)47(35)45-28-50-48-41-26-33(19-21-37(41)40-24-31-12-5-6-13-32(31)25-43(40)52(45)48)53-34-20-22-39-38-14-7-8-17-42(38)51(44(39)27-34)46-18-9-10-23-49-46/h5-30H,1-4H3. The molecule has 0 spiro atoms. The van der Waals surface area contributed by atoms with Crippen molar-refractivity contribution >= 4 is 59.9 Å². The predicted octanol–water partition coefficient (Wildman–Crippen LogP) is 13.0. The van der Waals surface area contributed by atoms with Gasteiger partial charge in [0.15, 0.2) is 0 Å². The zero-order chi connectivity index (χ0) is 35.8. The number of imidazole rings is 1. The summed E-state index contributed by atoms with van der Waals surface area (Å²) in [5.41, 5.74) is 9.30. The molecule has 0 aliphatic carbocycles. The van der Waals surface area contributed by atoms with Gasteiger partial charge in [0.05, 0.1) is 28.4 Å². The van der Waals surface area contributed by atoms with E-state index in [4.69, 9.17) is 14.7 Å². The van der Waals surface area contributed by atoms with Gasteiger partial charge in [-0.2, -0.15) is 0 Å². The van der Waals surface area contributed by atoms with Gasteiger partial charge in [0.1, 0.15) is 23.0 Å². The number of rotatable bonds is 6. The topological polar surface area (TPSA) is 44.3 Å². The molecule has 5 heteroatoms. The molecule has 4 aromatic heterocycles. The quantitative estimate of drug-likeness (QED) is 0.129. The van der Waals surface area contributed by atoms with Gasteiger partial charge >= 0.3 is 0 Å². The molecule has 0 atom stereocenters. The minimum atomic E-state index is 0.357. The van der Waals surface area contributed by atoms with Crippen LogP contribution in [-0.4, -0.2) is 18.9 Å². The second-order valence-electron chi connectivity index (χ2n) is 14.7. The first kappa shape index (κ1) is 31.3. The molecule has 5 nitrogen and oxygen atoms in total. The van der Waals surface area contributed by atoms with Gasteiger partial charge in [-0.15, -0.1) is 0 Å². The van der Waals surface area contributed by atoms with Crippen LogP contribution in [0, 0.1) is 0 Å². The Balaban J connectivity index is 1.20. The first-order valence-corrected chi connectivity index (χ1v) is 18.5. The van der Waals surface area contributed by atoms with E-state index in [9.17, 15) is 0 Å². The van der Waals surface area contributed by atoms with Crippen LogP contribution in [0.1, 0.15) is 50.7 Å². The molecule has 4 heterocycles. The van der Waals surface area contributed by atoms with Crippen molar-refractivity contribution in [1.29, 1.82) is 0 Å². The van der Waals surface area contributed by atoms with Crippen molar-refractivity contribution in [3.63, 3.8) is 0 Å². The van der Waals surface area contributed by atoms with Crippen molar-refractivity contribution in [3.8, 4) is 28.6 Å². The first-order chi connectivity index (χ1) is 25.9. The molecule has 10 rings (SSSR count). The van der Waals surface area contributed by atoms with Gasteiger partial charge in [-0.25, -0.2) is 9.97 Å². The molecule has 0 unspecified atom stereocenters. The van der Waals surface area contributed by atoms with Crippen LogP contribution in [0.25, 0.3) is 77.0 Å². The SMILES string of the molecule is CC(C)c1cccc(C(C)C)c1-c1cnc2c3cc(Oc4ccc5c6ccccc6n(-c6ccccn6)c5c4)ccc3c3cc4ccccc4cc3n12. The second kappa shape index (κ2) is 12.1. The monoisotopic (exact) mass is 686 g/mol. The molecule has 53 heavy (non-hydrogen) atoms. The lowest BCUT2D eigenvalue weighted by Gasteiger charge is -2.20. The van der Waals surface area contributed by atoms with E-state index in [1.807, 2.05) is 24.4 Å². The third-order valence-corrected chi connectivity index (χ3v) is 10.8. The molecular weight excluding hydrogens is 649 g/mol. The Hall–Kier alpha value is -6.46. The summed E-state index contributed by atoms with van der Waals surface area (Å²) < 4.78 is 11.3. The smallest absolute Gasteiger partial charge is 0.145 e. The Bertz CT molecular complexity index is 3020. The largest absolute Gasteiger partial charge is 0.457 e. The van der Waals surface area contributed by atoms with Crippen LogP contribution >= 0.6 is 0 Å². The predicted molar refractivity (Wildman–Crippen MR) is 220 cm³/mol. The highest BCUT2D eigenvalue weighted by Crippen LogP contribution is 2.42. The maximum absolute atomic E-state index is 6.73. The van der Waals surface area contributed by atoms with Gasteiger partial charge in [0.25, 0.3) is 0 Å². The summed E-state index contributed by atoms with van der Waals surface area (Å²) in [6.07, 6.45) is 3.92. The summed E-state index contributed by atoms with van der Waals surface area (Å²) >= 11 is 0. The van der Waals surface area contributed by atoms with Gasteiger partial charge in [0.2, 0.25) is 0 Å². The fourth-order valence-electron chi connectivity index (χ4n) is 8.33. The highest BCUT2D eigenvalue weighted by molar-refractivity contribution is 6.16. The number of hydrogen-bond donors (Lipinski definition) is 0. The van der Waals surface area contributed by atoms with Crippen LogP contribution in [0.15, 0.2) is 146 Å². The summed E-state index contributed by atoms with van der Waals surface area (Å²) in [5, 5.41) is 8.14. The van der Waals surface area contributed by atoms with Crippen molar-refractivity contribution in [3.05, 3.63) is 157 Å². The normalized spacial score (nSPS) is 12.1. The van der Waals surface area contributed by atoms with E-state index in [1.54, 1.807) is 0 Å². The fraction of sp³-hybridized carbons (Fsp3) is 0.125. The number of fused-ring (bicyclic) bond motifs is 10. The highest BCUT2D eigenvalue weighted by Gasteiger charge is 2.22.